The molecule has 8 heteroatoms. The van der Waals surface area contributed by atoms with E-state index in [9.17, 15) is 5.11 Å². The number of methoxy groups -OCH3 is 1. The Morgan fingerprint density at radius 2 is 1.57 bits per heavy atom. The highest BCUT2D eigenvalue weighted by molar-refractivity contribution is 6.74. The Morgan fingerprint density at radius 3 is 2.14 bits per heavy atom. The van der Waals surface area contributed by atoms with E-state index in [1.807, 2.05) is 30.3 Å². The van der Waals surface area contributed by atoms with E-state index >= 15 is 0 Å². The number of allylic oxidation sites excluding steroid dienone is 1. The molecule has 0 aliphatic heterocycles. The predicted molar refractivity (Wildman–Crippen MR) is 214 cm³/mol. The molecule has 1 radical (unpaired) electrons. The van der Waals surface area contributed by atoms with Crippen LogP contribution in [0.5, 0.6) is 5.75 Å². The van der Waals surface area contributed by atoms with Gasteiger partial charge < -0.3 is 28.2 Å². The first-order chi connectivity index (χ1) is 23.8. The molecule has 6 nitrogen and oxygen atoms in total. The third-order valence-corrected chi connectivity index (χ3v) is 17.8. The fraction of sp³-hybridized carbons (Fsp3) is 0.628. The highest BCUT2D eigenvalue weighted by Crippen LogP contribution is 2.59. The normalized spacial score (nSPS) is 26.4. The second-order valence-electron chi connectivity index (χ2n) is 17.5. The van der Waals surface area contributed by atoms with Crippen LogP contribution in [0.3, 0.4) is 0 Å². The SMILES string of the molecule is C=C1CC[C@H](OCc2ccc(OC)cc2)[C@@](C)(CO)[C@@H]1[C@H](OCc1ccccc1)[C@]1(O[Si](C)C)CCC(C)=C(CO[Si](C)(C)C(C)(C)C)C1(C)C. The molecule has 1 saturated carbocycles. The molecule has 2 aliphatic carbocycles. The van der Waals surface area contributed by atoms with Gasteiger partial charge >= 0.3 is 0 Å². The van der Waals surface area contributed by atoms with Crippen LogP contribution in [0, 0.1) is 16.7 Å². The Morgan fingerprint density at radius 1 is 0.941 bits per heavy atom. The van der Waals surface area contributed by atoms with E-state index in [2.05, 4.69) is 98.9 Å². The van der Waals surface area contributed by atoms with Crippen molar-refractivity contribution in [2.45, 2.75) is 136 Å². The molecule has 2 aliphatic rings. The zero-order valence-electron chi connectivity index (χ0n) is 33.8. The third-order valence-electron chi connectivity index (χ3n) is 12.6. The van der Waals surface area contributed by atoms with Gasteiger partial charge in [0.1, 0.15) is 5.75 Å². The average Bonchev–Trinajstić information content (AvgIpc) is 3.07. The van der Waals surface area contributed by atoms with Gasteiger partial charge in [0, 0.05) is 16.7 Å². The number of benzene rings is 2. The number of hydrogen-bond acceptors (Lipinski definition) is 6. The standard InChI is InChI=1S/C43H67O6Si2/c1-31-25-26-43(49-50(10)11,41(6,7)36(31)29-48-51(12,13)40(3,4)5)39(47-28-33-17-15-14-16-18-33)38-32(2)19-24-37(42(38,8)30-44)46-27-34-20-22-35(45-9)23-21-34/h14-18,20-23,37-39,44H,2,19,24-30H2,1,3-13H3/t37-,38-,39-,42+,43+/m0/s1. The molecule has 0 amide bonds. The second kappa shape index (κ2) is 16.5. The van der Waals surface area contributed by atoms with Crippen LogP contribution in [-0.2, 0) is 31.5 Å². The monoisotopic (exact) mass is 735 g/mol. The van der Waals surface area contributed by atoms with E-state index in [4.69, 9.17) is 29.6 Å². The van der Waals surface area contributed by atoms with Crippen LogP contribution in [0.4, 0.5) is 0 Å². The van der Waals surface area contributed by atoms with Gasteiger partial charge in [-0.1, -0.05) is 102 Å². The Hall–Kier alpha value is -2.05. The summed E-state index contributed by atoms with van der Waals surface area (Å²) in [4.78, 5) is 0. The Balaban J connectivity index is 1.82. The zero-order valence-corrected chi connectivity index (χ0v) is 35.8. The topological polar surface area (TPSA) is 66.4 Å². The van der Waals surface area contributed by atoms with Crippen LogP contribution in [0.25, 0.3) is 0 Å². The summed E-state index contributed by atoms with van der Waals surface area (Å²) in [5, 5.41) is 11.6. The van der Waals surface area contributed by atoms with Crippen LogP contribution in [0.15, 0.2) is 77.9 Å². The van der Waals surface area contributed by atoms with Gasteiger partial charge in [0.15, 0.2) is 8.32 Å². The van der Waals surface area contributed by atoms with Crippen LogP contribution in [0.1, 0.15) is 85.3 Å². The van der Waals surface area contributed by atoms with Gasteiger partial charge in [0.2, 0.25) is 9.04 Å². The number of aliphatic hydroxyl groups excluding tert-OH is 1. The Labute approximate surface area is 312 Å². The van der Waals surface area contributed by atoms with Crippen molar-refractivity contribution in [2.75, 3.05) is 20.3 Å². The van der Waals surface area contributed by atoms with Gasteiger partial charge in [0.05, 0.1) is 51.3 Å². The summed E-state index contributed by atoms with van der Waals surface area (Å²) in [7, 11) is -1.59. The molecule has 0 spiro atoms. The molecule has 0 heterocycles. The van der Waals surface area contributed by atoms with Crippen molar-refractivity contribution < 1.29 is 28.2 Å². The lowest BCUT2D eigenvalue weighted by Crippen LogP contribution is -2.66. The first kappa shape index (κ1) is 41.7. The van der Waals surface area contributed by atoms with Crippen molar-refractivity contribution in [3.8, 4) is 5.75 Å². The molecule has 1 fully saturated rings. The molecule has 0 saturated heterocycles. The van der Waals surface area contributed by atoms with Gasteiger partial charge in [0.25, 0.3) is 0 Å². The maximum atomic E-state index is 11.5. The van der Waals surface area contributed by atoms with Gasteiger partial charge in [-0.15, -0.1) is 0 Å². The fourth-order valence-corrected chi connectivity index (χ4v) is 10.3. The van der Waals surface area contributed by atoms with Crippen LogP contribution in [0.2, 0.25) is 31.2 Å². The van der Waals surface area contributed by atoms with Crippen LogP contribution >= 0.6 is 0 Å². The van der Waals surface area contributed by atoms with Crippen LogP contribution in [-0.4, -0.2) is 60.6 Å². The molecule has 0 bridgehead atoms. The lowest BCUT2D eigenvalue weighted by atomic mass is 9.53. The number of ether oxygens (including phenoxy) is 3. The quantitative estimate of drug-likeness (QED) is 0.145. The molecule has 51 heavy (non-hydrogen) atoms. The minimum absolute atomic E-state index is 0.0576. The molecular formula is C43H67O6Si2. The van der Waals surface area contributed by atoms with Crippen molar-refractivity contribution in [3.05, 3.63) is 89.0 Å². The number of rotatable bonds is 15. The predicted octanol–water partition coefficient (Wildman–Crippen LogP) is 10.3. The molecule has 5 atom stereocenters. The van der Waals surface area contributed by atoms with E-state index in [-0.39, 0.29) is 23.7 Å². The van der Waals surface area contributed by atoms with Gasteiger partial charge in [-0.05, 0) is 92.7 Å². The molecular weight excluding hydrogens is 669 g/mol. The molecule has 2 aromatic rings. The Kier molecular flexibility index (Phi) is 13.5. The molecule has 283 valence electrons. The summed E-state index contributed by atoms with van der Waals surface area (Å²) in [6.07, 6.45) is 2.67. The van der Waals surface area contributed by atoms with Gasteiger partial charge in [-0.2, -0.15) is 0 Å². The summed E-state index contributed by atoms with van der Waals surface area (Å²) < 4.78 is 33.9. The van der Waals surface area contributed by atoms with Gasteiger partial charge in [-0.25, -0.2) is 0 Å². The summed E-state index contributed by atoms with van der Waals surface area (Å²) in [6, 6.07) is 18.4. The molecule has 2 aromatic carbocycles. The van der Waals surface area contributed by atoms with Crippen LogP contribution < -0.4 is 4.74 Å². The second-order valence-corrected chi connectivity index (χ2v) is 24.4. The first-order valence-corrected chi connectivity index (χ1v) is 24.2. The van der Waals surface area contributed by atoms with E-state index in [1.165, 1.54) is 11.1 Å². The van der Waals surface area contributed by atoms with E-state index in [1.54, 1.807) is 7.11 Å². The Bertz CT molecular complexity index is 1480. The lowest BCUT2D eigenvalue weighted by Gasteiger charge is -2.61. The maximum Gasteiger partial charge on any atom is 0.205 e. The fourth-order valence-electron chi connectivity index (χ4n) is 8.18. The molecule has 4 rings (SSSR count). The summed E-state index contributed by atoms with van der Waals surface area (Å²) in [6.45, 7) is 31.3. The number of hydrogen-bond donors (Lipinski definition) is 1. The highest BCUT2D eigenvalue weighted by atomic mass is 28.4. The third kappa shape index (κ3) is 8.85. The average molecular weight is 736 g/mol. The van der Waals surface area contributed by atoms with Crippen molar-refractivity contribution in [1.82, 2.24) is 0 Å². The van der Waals surface area contributed by atoms with Crippen molar-refractivity contribution in [2.24, 2.45) is 16.7 Å². The highest BCUT2D eigenvalue weighted by Gasteiger charge is 2.62. The first-order valence-electron chi connectivity index (χ1n) is 18.8. The van der Waals surface area contributed by atoms with E-state index < -0.39 is 39.9 Å². The smallest absolute Gasteiger partial charge is 0.205 e. The lowest BCUT2D eigenvalue weighted by molar-refractivity contribution is -0.211. The summed E-state index contributed by atoms with van der Waals surface area (Å²) >= 11 is 0. The summed E-state index contributed by atoms with van der Waals surface area (Å²) in [5.74, 6) is 0.598. The molecule has 0 unspecified atom stereocenters. The van der Waals surface area contributed by atoms with Crippen molar-refractivity contribution >= 4 is 17.4 Å². The van der Waals surface area contributed by atoms with E-state index in [0.29, 0.717) is 19.8 Å². The zero-order chi connectivity index (χ0) is 37.8. The molecule has 1 N–H and O–H groups in total. The summed E-state index contributed by atoms with van der Waals surface area (Å²) in [5.41, 5.74) is 4.16. The minimum atomic E-state index is -2.04. The van der Waals surface area contributed by atoms with E-state index in [0.717, 1.165) is 48.1 Å². The van der Waals surface area contributed by atoms with Crippen molar-refractivity contribution in [1.29, 1.82) is 0 Å². The minimum Gasteiger partial charge on any atom is -0.497 e. The maximum absolute atomic E-state index is 11.5. The van der Waals surface area contributed by atoms with Crippen molar-refractivity contribution in [3.63, 3.8) is 0 Å². The molecule has 0 aromatic heterocycles. The van der Waals surface area contributed by atoms with Gasteiger partial charge in [-0.3, -0.25) is 0 Å². The largest absolute Gasteiger partial charge is 0.497 e. The number of aliphatic hydroxyl groups is 1.